The summed E-state index contributed by atoms with van der Waals surface area (Å²) in [5.41, 5.74) is 2.57. The molecule has 1 fully saturated rings. The minimum atomic E-state index is 0.702. The average molecular weight is 293 g/mol. The van der Waals surface area contributed by atoms with Gasteiger partial charge >= 0.3 is 0 Å². The minimum absolute atomic E-state index is 0.702. The Balaban J connectivity index is 1.81. The molecule has 0 saturated heterocycles. The molecule has 2 aromatic heterocycles. The van der Waals surface area contributed by atoms with Crippen molar-refractivity contribution in [3.63, 3.8) is 0 Å². The van der Waals surface area contributed by atoms with Gasteiger partial charge in [-0.2, -0.15) is 11.3 Å². The van der Waals surface area contributed by atoms with Crippen molar-refractivity contribution in [3.05, 3.63) is 33.0 Å². The molecule has 0 aromatic carbocycles. The fraction of sp³-hybridized carbons (Fsp3) is 0.500. The summed E-state index contributed by atoms with van der Waals surface area (Å²) in [6.45, 7) is 4.03. The molecule has 0 amide bonds. The summed E-state index contributed by atoms with van der Waals surface area (Å²) in [6, 6.07) is 2.92. The summed E-state index contributed by atoms with van der Waals surface area (Å²) in [5, 5.41) is 8.81. The summed E-state index contributed by atoms with van der Waals surface area (Å²) in [4.78, 5) is 8.62. The van der Waals surface area contributed by atoms with E-state index in [1.165, 1.54) is 34.1 Å². The maximum absolute atomic E-state index is 4.78. The zero-order valence-corrected chi connectivity index (χ0v) is 13.0. The number of hydrogen-bond donors (Lipinski definition) is 1. The van der Waals surface area contributed by atoms with E-state index in [0.717, 1.165) is 13.1 Å². The second-order valence-electron chi connectivity index (χ2n) is 5.03. The fourth-order valence-corrected chi connectivity index (χ4v) is 3.98. The molecule has 1 N–H and O–H groups in total. The van der Waals surface area contributed by atoms with Crippen LogP contribution < -0.4 is 10.2 Å². The SMILES string of the molecule is CNCc1sc(N(Cc2ccsc2)C2CC2)nc1C. The van der Waals surface area contributed by atoms with E-state index in [1.54, 1.807) is 11.3 Å². The lowest BCUT2D eigenvalue weighted by Crippen LogP contribution is -2.24. The van der Waals surface area contributed by atoms with Crippen LogP contribution in [-0.4, -0.2) is 18.1 Å². The van der Waals surface area contributed by atoms with Gasteiger partial charge in [0.1, 0.15) is 0 Å². The van der Waals surface area contributed by atoms with Crippen LogP contribution in [0.25, 0.3) is 0 Å². The summed E-state index contributed by atoms with van der Waals surface area (Å²) in [5.74, 6) is 0. The van der Waals surface area contributed by atoms with Crippen molar-refractivity contribution in [3.8, 4) is 0 Å². The number of aromatic nitrogens is 1. The lowest BCUT2D eigenvalue weighted by Gasteiger charge is -2.20. The number of rotatable bonds is 6. The Hall–Kier alpha value is -0.910. The quantitative estimate of drug-likeness (QED) is 0.885. The predicted octanol–water partition coefficient (Wildman–Crippen LogP) is 3.40. The third kappa shape index (κ3) is 2.99. The summed E-state index contributed by atoms with van der Waals surface area (Å²) in [7, 11) is 1.99. The van der Waals surface area contributed by atoms with Crippen molar-refractivity contribution in [2.24, 2.45) is 0 Å². The molecule has 0 unspecified atom stereocenters. The van der Waals surface area contributed by atoms with Crippen LogP contribution in [0.2, 0.25) is 0 Å². The Kier molecular flexibility index (Phi) is 3.86. The van der Waals surface area contributed by atoms with Gasteiger partial charge in [-0.15, -0.1) is 11.3 Å². The van der Waals surface area contributed by atoms with Gasteiger partial charge in [-0.05, 0) is 49.2 Å². The lowest BCUT2D eigenvalue weighted by molar-refractivity contribution is 0.789. The Morgan fingerprint density at radius 2 is 2.32 bits per heavy atom. The number of anilines is 1. The van der Waals surface area contributed by atoms with Gasteiger partial charge in [0.25, 0.3) is 0 Å². The second kappa shape index (κ2) is 5.61. The molecule has 1 aliphatic rings. The van der Waals surface area contributed by atoms with E-state index >= 15 is 0 Å². The molecule has 0 bridgehead atoms. The zero-order chi connectivity index (χ0) is 13.2. The van der Waals surface area contributed by atoms with Crippen LogP contribution in [0.4, 0.5) is 5.13 Å². The molecule has 1 saturated carbocycles. The molecule has 0 spiro atoms. The highest BCUT2D eigenvalue weighted by Gasteiger charge is 2.31. The minimum Gasteiger partial charge on any atom is -0.341 e. The average Bonchev–Trinajstić information content (AvgIpc) is 2.98. The molecule has 0 atom stereocenters. The van der Waals surface area contributed by atoms with E-state index in [-0.39, 0.29) is 0 Å². The van der Waals surface area contributed by atoms with Crippen LogP contribution >= 0.6 is 22.7 Å². The Morgan fingerprint density at radius 3 is 2.95 bits per heavy atom. The van der Waals surface area contributed by atoms with Crippen LogP contribution in [0.3, 0.4) is 0 Å². The van der Waals surface area contributed by atoms with Gasteiger partial charge in [0.2, 0.25) is 0 Å². The van der Waals surface area contributed by atoms with Crippen LogP contribution in [0.5, 0.6) is 0 Å². The normalized spacial score (nSPS) is 14.8. The monoisotopic (exact) mass is 293 g/mol. The molecule has 5 heteroatoms. The highest BCUT2D eigenvalue weighted by Crippen LogP contribution is 2.36. The summed E-state index contributed by atoms with van der Waals surface area (Å²) < 4.78 is 0. The second-order valence-corrected chi connectivity index (χ2v) is 6.87. The molecule has 1 aliphatic carbocycles. The lowest BCUT2D eigenvalue weighted by atomic mass is 10.3. The van der Waals surface area contributed by atoms with Crippen molar-refractivity contribution in [1.82, 2.24) is 10.3 Å². The predicted molar refractivity (Wildman–Crippen MR) is 83.1 cm³/mol. The number of nitrogens with zero attached hydrogens (tertiary/aromatic N) is 2. The Bertz CT molecular complexity index is 529. The Labute approximate surface area is 122 Å². The van der Waals surface area contributed by atoms with Gasteiger partial charge in [0.15, 0.2) is 5.13 Å². The first-order valence-corrected chi connectivity index (χ1v) is 8.42. The van der Waals surface area contributed by atoms with Crippen molar-refractivity contribution in [2.75, 3.05) is 11.9 Å². The standard InChI is InChI=1S/C14H19N3S2/c1-10-13(7-15-2)19-14(16-10)17(12-3-4-12)8-11-5-6-18-9-11/h5-6,9,12,15H,3-4,7-8H2,1-2H3. The van der Waals surface area contributed by atoms with E-state index < -0.39 is 0 Å². The molecular weight excluding hydrogens is 274 g/mol. The largest absolute Gasteiger partial charge is 0.341 e. The van der Waals surface area contributed by atoms with Crippen molar-refractivity contribution >= 4 is 27.8 Å². The van der Waals surface area contributed by atoms with Crippen molar-refractivity contribution < 1.29 is 0 Å². The molecule has 19 heavy (non-hydrogen) atoms. The fourth-order valence-electron chi connectivity index (χ4n) is 2.18. The first-order valence-electron chi connectivity index (χ1n) is 6.66. The van der Waals surface area contributed by atoms with E-state index in [4.69, 9.17) is 4.98 Å². The highest BCUT2D eigenvalue weighted by atomic mass is 32.1. The molecular formula is C14H19N3S2. The molecule has 3 nitrogen and oxygen atoms in total. The van der Waals surface area contributed by atoms with Gasteiger partial charge in [-0.3, -0.25) is 0 Å². The zero-order valence-electron chi connectivity index (χ0n) is 11.3. The summed E-state index contributed by atoms with van der Waals surface area (Å²) >= 11 is 3.61. The smallest absolute Gasteiger partial charge is 0.186 e. The number of thiazole rings is 1. The van der Waals surface area contributed by atoms with E-state index in [9.17, 15) is 0 Å². The first-order chi connectivity index (χ1) is 9.28. The van der Waals surface area contributed by atoms with E-state index in [2.05, 4.69) is 34.0 Å². The van der Waals surface area contributed by atoms with Crippen LogP contribution in [0.15, 0.2) is 16.8 Å². The molecule has 3 rings (SSSR count). The van der Waals surface area contributed by atoms with Crippen molar-refractivity contribution in [2.45, 2.75) is 38.9 Å². The van der Waals surface area contributed by atoms with Gasteiger partial charge in [-0.1, -0.05) is 0 Å². The van der Waals surface area contributed by atoms with Crippen LogP contribution in [0, 0.1) is 6.92 Å². The molecule has 2 heterocycles. The number of hydrogen-bond acceptors (Lipinski definition) is 5. The topological polar surface area (TPSA) is 28.2 Å². The molecule has 102 valence electrons. The molecule has 2 aromatic rings. The van der Waals surface area contributed by atoms with E-state index in [0.29, 0.717) is 6.04 Å². The van der Waals surface area contributed by atoms with Crippen LogP contribution in [0.1, 0.15) is 29.0 Å². The number of nitrogens with one attached hydrogen (secondary N) is 1. The van der Waals surface area contributed by atoms with Crippen molar-refractivity contribution in [1.29, 1.82) is 0 Å². The molecule has 0 radical (unpaired) electrons. The number of thiophene rings is 1. The Morgan fingerprint density at radius 1 is 1.47 bits per heavy atom. The third-order valence-corrected chi connectivity index (χ3v) is 5.31. The van der Waals surface area contributed by atoms with Gasteiger partial charge < -0.3 is 10.2 Å². The first kappa shape index (κ1) is 13.1. The van der Waals surface area contributed by atoms with Gasteiger partial charge in [0.05, 0.1) is 5.69 Å². The van der Waals surface area contributed by atoms with Gasteiger partial charge in [-0.25, -0.2) is 4.98 Å². The number of aryl methyl sites for hydroxylation is 1. The summed E-state index contributed by atoms with van der Waals surface area (Å²) in [6.07, 6.45) is 2.62. The maximum Gasteiger partial charge on any atom is 0.186 e. The van der Waals surface area contributed by atoms with Crippen LogP contribution in [-0.2, 0) is 13.1 Å². The third-order valence-electron chi connectivity index (χ3n) is 3.39. The maximum atomic E-state index is 4.78. The highest BCUT2D eigenvalue weighted by molar-refractivity contribution is 7.15. The molecule has 0 aliphatic heterocycles. The van der Waals surface area contributed by atoms with Gasteiger partial charge in [0, 0.05) is 24.0 Å². The van der Waals surface area contributed by atoms with E-state index in [1.807, 2.05) is 18.4 Å².